The van der Waals surface area contributed by atoms with Crippen LogP contribution in [0.15, 0.2) is 41.3 Å². The molecule has 0 saturated heterocycles. The standard InChI is InChI=1S/C14H16Cl2FN3/c1-14(19,9-3-5-12(16)20-7-9)13(18)8-2-4-10(15)11(17)6-8/h2-5,7-8,13H,6,18-19H2,1H3/t8?,13-,14+/m0/s1. The van der Waals surface area contributed by atoms with E-state index in [-0.39, 0.29) is 23.2 Å². The largest absolute Gasteiger partial charge is 0.325 e. The van der Waals surface area contributed by atoms with Gasteiger partial charge in [0, 0.05) is 24.6 Å². The molecule has 0 radical (unpaired) electrons. The van der Waals surface area contributed by atoms with Crippen molar-refractivity contribution >= 4 is 23.2 Å². The number of hydrogen-bond acceptors (Lipinski definition) is 3. The van der Waals surface area contributed by atoms with Crippen molar-refractivity contribution in [3.8, 4) is 0 Å². The number of pyridine rings is 1. The second-order valence-electron chi connectivity index (χ2n) is 5.16. The monoisotopic (exact) mass is 315 g/mol. The van der Waals surface area contributed by atoms with Gasteiger partial charge >= 0.3 is 0 Å². The summed E-state index contributed by atoms with van der Waals surface area (Å²) in [5, 5.41) is 0.511. The van der Waals surface area contributed by atoms with E-state index >= 15 is 0 Å². The fourth-order valence-electron chi connectivity index (χ4n) is 2.25. The minimum atomic E-state index is -0.851. The molecular weight excluding hydrogens is 300 g/mol. The Balaban J connectivity index is 2.22. The molecule has 108 valence electrons. The zero-order chi connectivity index (χ0) is 14.9. The van der Waals surface area contributed by atoms with Gasteiger partial charge in [0.25, 0.3) is 0 Å². The third-order valence-corrected chi connectivity index (χ3v) is 4.22. The lowest BCUT2D eigenvalue weighted by Crippen LogP contribution is -2.54. The highest BCUT2D eigenvalue weighted by atomic mass is 35.5. The van der Waals surface area contributed by atoms with E-state index in [1.807, 2.05) is 0 Å². The lowest BCUT2D eigenvalue weighted by Gasteiger charge is -2.36. The van der Waals surface area contributed by atoms with Gasteiger partial charge in [-0.2, -0.15) is 0 Å². The number of allylic oxidation sites excluding steroid dienone is 3. The van der Waals surface area contributed by atoms with Gasteiger partial charge in [-0.1, -0.05) is 35.3 Å². The minimum absolute atomic E-state index is 0.125. The lowest BCUT2D eigenvalue weighted by atomic mass is 9.77. The first-order valence-corrected chi connectivity index (χ1v) is 6.97. The van der Waals surface area contributed by atoms with Gasteiger partial charge in [0.2, 0.25) is 0 Å². The molecular formula is C14H16Cl2FN3. The minimum Gasteiger partial charge on any atom is -0.325 e. The molecule has 3 atom stereocenters. The molecule has 2 rings (SSSR count). The van der Waals surface area contributed by atoms with Crippen molar-refractivity contribution in [2.75, 3.05) is 0 Å². The molecule has 1 aliphatic rings. The molecule has 6 heteroatoms. The van der Waals surface area contributed by atoms with E-state index in [1.54, 1.807) is 31.3 Å². The Bertz CT molecular complexity index is 552. The first kappa shape index (κ1) is 15.4. The zero-order valence-electron chi connectivity index (χ0n) is 11.0. The van der Waals surface area contributed by atoms with Gasteiger partial charge in [-0.15, -0.1) is 0 Å². The molecule has 0 aromatic carbocycles. The second kappa shape index (κ2) is 5.82. The molecule has 0 bridgehead atoms. The topological polar surface area (TPSA) is 64.9 Å². The second-order valence-corrected chi connectivity index (χ2v) is 5.95. The molecule has 1 aliphatic carbocycles. The third-order valence-electron chi connectivity index (χ3n) is 3.67. The summed E-state index contributed by atoms with van der Waals surface area (Å²) in [5.74, 6) is -0.581. The van der Waals surface area contributed by atoms with Crippen LogP contribution in [-0.2, 0) is 5.54 Å². The van der Waals surface area contributed by atoms with E-state index in [0.29, 0.717) is 5.15 Å². The van der Waals surface area contributed by atoms with Crippen LogP contribution < -0.4 is 11.5 Å². The Morgan fingerprint density at radius 2 is 2.15 bits per heavy atom. The van der Waals surface area contributed by atoms with Crippen molar-refractivity contribution in [3.05, 3.63) is 52.1 Å². The van der Waals surface area contributed by atoms with Gasteiger partial charge in [-0.05, 0) is 24.6 Å². The molecule has 0 aliphatic heterocycles. The third kappa shape index (κ3) is 3.04. The summed E-state index contributed by atoms with van der Waals surface area (Å²) < 4.78 is 13.6. The molecule has 0 spiro atoms. The smallest absolute Gasteiger partial charge is 0.129 e. The summed E-state index contributed by atoms with van der Waals surface area (Å²) in [6, 6.07) is 2.96. The van der Waals surface area contributed by atoms with Crippen LogP contribution in [-0.4, -0.2) is 11.0 Å². The van der Waals surface area contributed by atoms with Crippen LogP contribution in [0.1, 0.15) is 18.9 Å². The van der Waals surface area contributed by atoms with Crippen molar-refractivity contribution < 1.29 is 4.39 Å². The SMILES string of the molecule is C[C@@](N)(c1ccc(Cl)nc1)[C@@H](N)C1C=CC(Cl)=C(F)C1. The molecule has 1 aromatic heterocycles. The Morgan fingerprint density at radius 1 is 1.45 bits per heavy atom. The van der Waals surface area contributed by atoms with Crippen LogP contribution in [0.4, 0.5) is 4.39 Å². The molecule has 1 aromatic rings. The lowest BCUT2D eigenvalue weighted by molar-refractivity contribution is 0.305. The summed E-state index contributed by atoms with van der Waals surface area (Å²) >= 11 is 11.5. The molecule has 1 unspecified atom stereocenters. The predicted molar refractivity (Wildman–Crippen MR) is 80.0 cm³/mol. The van der Waals surface area contributed by atoms with E-state index in [0.717, 1.165) is 5.56 Å². The zero-order valence-corrected chi connectivity index (χ0v) is 12.5. The van der Waals surface area contributed by atoms with E-state index in [2.05, 4.69) is 4.98 Å². The normalized spacial score (nSPS) is 23.6. The van der Waals surface area contributed by atoms with Gasteiger partial charge in [0.05, 0.1) is 10.6 Å². The average Bonchev–Trinajstić information content (AvgIpc) is 2.41. The summed E-state index contributed by atoms with van der Waals surface area (Å²) in [6.07, 6.45) is 5.07. The van der Waals surface area contributed by atoms with Crippen molar-refractivity contribution in [2.45, 2.75) is 24.9 Å². The van der Waals surface area contributed by atoms with E-state index in [9.17, 15) is 4.39 Å². The molecule has 20 heavy (non-hydrogen) atoms. The molecule has 0 saturated carbocycles. The number of nitrogens with two attached hydrogens (primary N) is 2. The van der Waals surface area contributed by atoms with Crippen LogP contribution in [0, 0.1) is 5.92 Å². The number of rotatable bonds is 3. The van der Waals surface area contributed by atoms with Crippen molar-refractivity contribution in [3.63, 3.8) is 0 Å². The van der Waals surface area contributed by atoms with Crippen LogP contribution in [0.2, 0.25) is 5.15 Å². The van der Waals surface area contributed by atoms with Crippen LogP contribution in [0.3, 0.4) is 0 Å². The number of nitrogens with zero attached hydrogens (tertiary/aromatic N) is 1. The average molecular weight is 316 g/mol. The van der Waals surface area contributed by atoms with Crippen LogP contribution in [0.5, 0.6) is 0 Å². The van der Waals surface area contributed by atoms with Gasteiger partial charge in [0.1, 0.15) is 11.0 Å². The van der Waals surface area contributed by atoms with Gasteiger partial charge < -0.3 is 11.5 Å². The summed E-state index contributed by atoms with van der Waals surface area (Å²) in [6.45, 7) is 1.80. The van der Waals surface area contributed by atoms with Gasteiger partial charge in [-0.3, -0.25) is 0 Å². The first-order chi connectivity index (χ1) is 9.32. The van der Waals surface area contributed by atoms with Gasteiger partial charge in [-0.25, -0.2) is 9.37 Å². The molecule has 0 amide bonds. The van der Waals surface area contributed by atoms with E-state index in [4.69, 9.17) is 34.7 Å². The fraction of sp³-hybridized carbons (Fsp3) is 0.357. The number of aromatic nitrogens is 1. The summed E-state index contributed by atoms with van der Waals surface area (Å²) in [5.41, 5.74) is 12.5. The predicted octanol–water partition coefficient (Wildman–Crippen LogP) is 3.23. The maximum Gasteiger partial charge on any atom is 0.129 e. The number of hydrogen-bond donors (Lipinski definition) is 2. The van der Waals surface area contributed by atoms with Crippen molar-refractivity contribution in [1.29, 1.82) is 0 Å². The molecule has 0 fully saturated rings. The quantitative estimate of drug-likeness (QED) is 0.842. The van der Waals surface area contributed by atoms with Crippen LogP contribution >= 0.6 is 23.2 Å². The molecule has 1 heterocycles. The van der Waals surface area contributed by atoms with E-state index < -0.39 is 11.6 Å². The molecule has 4 N–H and O–H groups in total. The number of halogens is 3. The van der Waals surface area contributed by atoms with Crippen molar-refractivity contribution in [1.82, 2.24) is 4.98 Å². The van der Waals surface area contributed by atoms with Crippen molar-refractivity contribution in [2.24, 2.45) is 17.4 Å². The summed E-state index contributed by atoms with van der Waals surface area (Å²) in [4.78, 5) is 4.01. The highest BCUT2D eigenvalue weighted by Gasteiger charge is 2.35. The first-order valence-electron chi connectivity index (χ1n) is 6.21. The molecule has 3 nitrogen and oxygen atoms in total. The Kier molecular flexibility index (Phi) is 4.49. The Hall–Kier alpha value is -0.940. The maximum atomic E-state index is 13.6. The highest BCUT2D eigenvalue weighted by molar-refractivity contribution is 6.31. The van der Waals surface area contributed by atoms with Crippen LogP contribution in [0.25, 0.3) is 0 Å². The van der Waals surface area contributed by atoms with Gasteiger partial charge in [0.15, 0.2) is 0 Å². The fourth-order valence-corrected chi connectivity index (χ4v) is 2.51. The Labute approximate surface area is 127 Å². The highest BCUT2D eigenvalue weighted by Crippen LogP contribution is 2.33. The van der Waals surface area contributed by atoms with E-state index in [1.165, 1.54) is 6.08 Å². The Morgan fingerprint density at radius 3 is 2.70 bits per heavy atom. The summed E-state index contributed by atoms with van der Waals surface area (Å²) in [7, 11) is 0. The maximum absolute atomic E-state index is 13.6.